The van der Waals surface area contributed by atoms with E-state index >= 15 is 0 Å². The molecule has 25 heavy (non-hydrogen) atoms. The van der Waals surface area contributed by atoms with Crippen LogP contribution in [0, 0.1) is 12.8 Å². The number of aromatic nitrogens is 2. The second kappa shape index (κ2) is 7.09. The van der Waals surface area contributed by atoms with Crippen LogP contribution in [0.2, 0.25) is 0 Å². The molecule has 1 aliphatic rings. The first-order valence-corrected chi connectivity index (χ1v) is 10.1. The van der Waals surface area contributed by atoms with Gasteiger partial charge >= 0.3 is 0 Å². The Labute approximate surface area is 148 Å². The highest BCUT2D eigenvalue weighted by Gasteiger charge is 2.21. The quantitative estimate of drug-likeness (QED) is 0.873. The number of nitrogens with two attached hydrogens (primary N) is 1. The number of sulfonamides is 1. The van der Waals surface area contributed by atoms with Crippen molar-refractivity contribution in [1.82, 2.24) is 10.2 Å². The highest BCUT2D eigenvalue weighted by molar-refractivity contribution is 7.89. The maximum Gasteiger partial charge on any atom is 0.238 e. The molecule has 2 aromatic rings. The molecule has 1 fully saturated rings. The summed E-state index contributed by atoms with van der Waals surface area (Å²) in [6.07, 6.45) is 4.93. The molecule has 0 bridgehead atoms. The maximum atomic E-state index is 11.7. The lowest BCUT2D eigenvalue weighted by atomic mass is 9.86. The number of anilines is 1. The molecule has 0 radical (unpaired) electrons. The molecule has 0 aliphatic heterocycles. The van der Waals surface area contributed by atoms with Gasteiger partial charge in [-0.2, -0.15) is 0 Å². The smallest absolute Gasteiger partial charge is 0.238 e. The van der Waals surface area contributed by atoms with Gasteiger partial charge < -0.3 is 5.32 Å². The second-order valence-corrected chi connectivity index (χ2v) is 8.37. The molecule has 1 saturated carbocycles. The Morgan fingerprint density at radius 2 is 1.88 bits per heavy atom. The fourth-order valence-electron chi connectivity index (χ4n) is 3.35. The molecule has 134 valence electrons. The van der Waals surface area contributed by atoms with Crippen LogP contribution in [0.15, 0.2) is 35.2 Å². The third-order valence-corrected chi connectivity index (χ3v) is 5.95. The van der Waals surface area contributed by atoms with E-state index in [1.54, 1.807) is 19.1 Å². The van der Waals surface area contributed by atoms with E-state index in [2.05, 4.69) is 22.4 Å². The number of aryl methyl sites for hydroxylation is 1. The van der Waals surface area contributed by atoms with E-state index in [1.807, 2.05) is 18.2 Å². The average Bonchev–Trinajstić information content (AvgIpc) is 2.57. The van der Waals surface area contributed by atoms with Gasteiger partial charge in [-0.15, -0.1) is 10.2 Å². The molecule has 7 heteroatoms. The van der Waals surface area contributed by atoms with Crippen LogP contribution >= 0.6 is 0 Å². The van der Waals surface area contributed by atoms with E-state index in [9.17, 15) is 8.42 Å². The van der Waals surface area contributed by atoms with Crippen LogP contribution in [0.4, 0.5) is 5.82 Å². The minimum Gasteiger partial charge on any atom is -0.366 e. The Hall–Kier alpha value is -1.99. The molecule has 0 spiro atoms. The highest BCUT2D eigenvalue weighted by Crippen LogP contribution is 2.27. The summed E-state index contributed by atoms with van der Waals surface area (Å²) >= 11 is 0. The number of hydrogen-bond acceptors (Lipinski definition) is 5. The van der Waals surface area contributed by atoms with Gasteiger partial charge in [-0.1, -0.05) is 31.9 Å². The van der Waals surface area contributed by atoms with Crippen molar-refractivity contribution in [1.29, 1.82) is 0 Å². The van der Waals surface area contributed by atoms with Gasteiger partial charge in [-0.3, -0.25) is 0 Å². The molecule has 1 aromatic carbocycles. The lowest BCUT2D eigenvalue weighted by Gasteiger charge is -2.29. The fraction of sp³-hybridized carbons (Fsp3) is 0.444. The second-order valence-electron chi connectivity index (χ2n) is 6.84. The summed E-state index contributed by atoms with van der Waals surface area (Å²) in [7, 11) is -3.76. The first-order chi connectivity index (χ1) is 11.8. The van der Waals surface area contributed by atoms with Gasteiger partial charge in [0.25, 0.3) is 0 Å². The Morgan fingerprint density at radius 3 is 2.52 bits per heavy atom. The first-order valence-electron chi connectivity index (χ1n) is 8.58. The number of primary sulfonamides is 1. The van der Waals surface area contributed by atoms with Crippen LogP contribution in [0.1, 0.15) is 38.2 Å². The zero-order valence-corrected chi connectivity index (χ0v) is 15.4. The molecule has 1 aromatic heterocycles. The Balaban J connectivity index is 1.81. The van der Waals surface area contributed by atoms with Gasteiger partial charge in [-0.05, 0) is 49.4 Å². The number of hydrogen-bond donors (Lipinski definition) is 2. The summed E-state index contributed by atoms with van der Waals surface area (Å²) in [6.45, 7) is 3.98. The molecular formula is C18H24N4O2S. The third kappa shape index (κ3) is 4.16. The summed E-state index contributed by atoms with van der Waals surface area (Å²) in [4.78, 5) is 0.116. The van der Waals surface area contributed by atoms with Gasteiger partial charge in [0.05, 0.1) is 10.6 Å². The zero-order valence-electron chi connectivity index (χ0n) is 14.6. The molecule has 1 heterocycles. The number of rotatable bonds is 4. The minimum atomic E-state index is -3.76. The molecule has 2 atom stereocenters. The minimum absolute atomic E-state index is 0.116. The van der Waals surface area contributed by atoms with Crippen LogP contribution in [0.25, 0.3) is 11.3 Å². The number of benzene rings is 1. The third-order valence-electron chi connectivity index (χ3n) is 4.90. The van der Waals surface area contributed by atoms with E-state index in [-0.39, 0.29) is 4.90 Å². The van der Waals surface area contributed by atoms with Crippen molar-refractivity contribution in [2.75, 3.05) is 5.32 Å². The highest BCUT2D eigenvalue weighted by atomic mass is 32.2. The topological polar surface area (TPSA) is 98.0 Å². The monoisotopic (exact) mass is 360 g/mol. The van der Waals surface area contributed by atoms with Gasteiger partial charge in [0.2, 0.25) is 10.0 Å². The fourth-order valence-corrected chi connectivity index (χ4v) is 4.16. The summed E-state index contributed by atoms with van der Waals surface area (Å²) in [5.41, 5.74) is 1.91. The van der Waals surface area contributed by atoms with E-state index in [0.717, 1.165) is 12.2 Å². The van der Waals surface area contributed by atoms with Crippen LogP contribution < -0.4 is 10.5 Å². The van der Waals surface area contributed by atoms with Gasteiger partial charge in [0.15, 0.2) is 0 Å². The molecule has 0 unspecified atom stereocenters. The van der Waals surface area contributed by atoms with Crippen LogP contribution in [-0.2, 0) is 10.0 Å². The van der Waals surface area contributed by atoms with Crippen molar-refractivity contribution in [2.45, 2.75) is 50.5 Å². The summed E-state index contributed by atoms with van der Waals surface area (Å²) in [5.74, 6) is 1.38. The van der Waals surface area contributed by atoms with E-state index in [1.165, 1.54) is 19.3 Å². The van der Waals surface area contributed by atoms with E-state index < -0.39 is 10.0 Å². The van der Waals surface area contributed by atoms with Crippen LogP contribution in [-0.4, -0.2) is 24.7 Å². The molecule has 3 N–H and O–H groups in total. The standard InChI is InChI=1S/C18H24N4O2S/c1-12-5-3-4-6-15(12)20-18-10-9-16(21-22-18)14-8-7-13(2)17(11-14)25(19,23)24/h7-12,15H,3-6H2,1-2H3,(H,20,22)(H2,19,23,24)/t12-,15-/m1/s1. The van der Waals surface area contributed by atoms with Crippen molar-refractivity contribution in [2.24, 2.45) is 11.1 Å². The van der Waals surface area contributed by atoms with Crippen molar-refractivity contribution >= 4 is 15.8 Å². The lowest BCUT2D eigenvalue weighted by Crippen LogP contribution is -2.30. The van der Waals surface area contributed by atoms with Gasteiger partial charge in [0.1, 0.15) is 5.82 Å². The summed E-state index contributed by atoms with van der Waals surface area (Å²) in [5, 5.41) is 17.2. The van der Waals surface area contributed by atoms with Gasteiger partial charge in [-0.25, -0.2) is 13.6 Å². The van der Waals surface area contributed by atoms with Gasteiger partial charge in [0, 0.05) is 11.6 Å². The lowest BCUT2D eigenvalue weighted by molar-refractivity contribution is 0.349. The van der Waals surface area contributed by atoms with Crippen molar-refractivity contribution < 1.29 is 8.42 Å². The molecule has 3 rings (SSSR count). The van der Waals surface area contributed by atoms with Crippen molar-refractivity contribution in [3.8, 4) is 11.3 Å². The maximum absolute atomic E-state index is 11.7. The number of nitrogens with one attached hydrogen (secondary N) is 1. The molecule has 6 nitrogen and oxygen atoms in total. The Bertz CT molecular complexity index is 850. The normalized spacial score (nSPS) is 21.1. The largest absolute Gasteiger partial charge is 0.366 e. The predicted octanol–water partition coefficient (Wildman–Crippen LogP) is 3.09. The van der Waals surface area contributed by atoms with Crippen LogP contribution in [0.3, 0.4) is 0 Å². The predicted molar refractivity (Wildman–Crippen MR) is 98.6 cm³/mol. The molecule has 1 aliphatic carbocycles. The SMILES string of the molecule is Cc1ccc(-c2ccc(N[C@@H]3CCCC[C@H]3C)nn2)cc1S(N)(=O)=O. The number of nitrogens with zero attached hydrogens (tertiary/aromatic N) is 2. The van der Waals surface area contributed by atoms with Crippen molar-refractivity contribution in [3.05, 3.63) is 35.9 Å². The van der Waals surface area contributed by atoms with Crippen molar-refractivity contribution in [3.63, 3.8) is 0 Å². The summed E-state index contributed by atoms with van der Waals surface area (Å²) < 4.78 is 23.4. The van der Waals surface area contributed by atoms with Crippen LogP contribution in [0.5, 0.6) is 0 Å². The average molecular weight is 360 g/mol. The molecule has 0 saturated heterocycles. The van der Waals surface area contributed by atoms with E-state index in [4.69, 9.17) is 5.14 Å². The molecule has 0 amide bonds. The Kier molecular flexibility index (Phi) is 5.06. The zero-order chi connectivity index (χ0) is 18.0. The first kappa shape index (κ1) is 17.8. The van der Waals surface area contributed by atoms with E-state index in [0.29, 0.717) is 28.8 Å². The summed E-state index contributed by atoms with van der Waals surface area (Å²) in [6, 6.07) is 9.27. The molecular weight excluding hydrogens is 336 g/mol. The Morgan fingerprint density at radius 1 is 1.12 bits per heavy atom.